The smallest absolute Gasteiger partial charge is 0.407 e. The van der Waals surface area contributed by atoms with E-state index >= 15 is 0 Å². The van der Waals surface area contributed by atoms with Crippen LogP contribution < -0.4 is 5.32 Å². The lowest BCUT2D eigenvalue weighted by atomic mass is 9.70. The van der Waals surface area contributed by atoms with Crippen LogP contribution in [-0.4, -0.2) is 114 Å². The minimum Gasteiger partial charge on any atom is -0.460 e. The quantitative estimate of drug-likeness (QED) is 0.231. The zero-order valence-corrected chi connectivity index (χ0v) is 32.9. The first-order valence-corrected chi connectivity index (χ1v) is 17.2. The van der Waals surface area contributed by atoms with Crippen molar-refractivity contribution >= 4 is 30.0 Å². The van der Waals surface area contributed by atoms with E-state index in [1.807, 2.05) is 9.80 Å². The topological polar surface area (TPSA) is 150 Å². The van der Waals surface area contributed by atoms with E-state index in [2.05, 4.69) is 5.32 Å². The molecule has 1 rings (SSSR count). The molecule has 1 aliphatic rings. The molecule has 1 amide bonds. The van der Waals surface area contributed by atoms with Crippen molar-refractivity contribution in [1.29, 1.82) is 0 Å². The Balaban J connectivity index is 3.82. The number of hydrogen-bond acceptors (Lipinski definition) is 12. The van der Waals surface area contributed by atoms with E-state index in [1.165, 1.54) is 0 Å². The summed E-state index contributed by atoms with van der Waals surface area (Å²) in [5.41, 5.74) is -5.05. The fourth-order valence-electron chi connectivity index (χ4n) is 5.52. The fraction of sp³-hybridized carbons (Fsp3) is 0.861. The molecule has 13 nitrogen and oxygen atoms in total. The molecular weight excluding hydrogens is 634 g/mol. The third-order valence-corrected chi connectivity index (χ3v) is 6.87. The van der Waals surface area contributed by atoms with Crippen molar-refractivity contribution < 1.29 is 47.7 Å². The average molecular weight is 700 g/mol. The number of amides is 1. The second-order valence-corrected chi connectivity index (χ2v) is 18.0. The van der Waals surface area contributed by atoms with Crippen LogP contribution in [0.5, 0.6) is 0 Å². The molecule has 1 unspecified atom stereocenters. The van der Waals surface area contributed by atoms with E-state index in [0.29, 0.717) is 13.1 Å². The van der Waals surface area contributed by atoms with Gasteiger partial charge in [0.1, 0.15) is 28.0 Å². The minimum absolute atomic E-state index is 0.0586. The number of ether oxygens (including phenoxy) is 5. The molecule has 0 saturated carbocycles. The third-order valence-electron chi connectivity index (χ3n) is 6.87. The Hall–Kier alpha value is -2.93. The van der Waals surface area contributed by atoms with Gasteiger partial charge >= 0.3 is 30.0 Å². The summed E-state index contributed by atoms with van der Waals surface area (Å²) in [6.45, 7) is 27.2. The van der Waals surface area contributed by atoms with Gasteiger partial charge in [-0.3, -0.25) is 29.0 Å². The van der Waals surface area contributed by atoms with Gasteiger partial charge in [-0.1, -0.05) is 0 Å². The number of carbonyl (C=O) groups is 5. The molecule has 13 heteroatoms. The van der Waals surface area contributed by atoms with Crippen molar-refractivity contribution in [3.05, 3.63) is 0 Å². The lowest BCUT2D eigenvalue weighted by molar-refractivity contribution is -0.174. The average Bonchev–Trinajstić information content (AvgIpc) is 2.96. The number of nitrogens with one attached hydrogen (secondary N) is 1. The molecule has 1 fully saturated rings. The lowest BCUT2D eigenvalue weighted by Gasteiger charge is -2.43. The van der Waals surface area contributed by atoms with Gasteiger partial charge in [0.05, 0.1) is 25.4 Å². The van der Waals surface area contributed by atoms with Crippen molar-refractivity contribution in [2.45, 2.75) is 145 Å². The Kier molecular flexibility index (Phi) is 15.2. The number of nitrogens with zero attached hydrogens (tertiary/aromatic N) is 2. The van der Waals surface area contributed by atoms with Gasteiger partial charge in [-0.15, -0.1) is 0 Å². The molecule has 284 valence electrons. The maximum atomic E-state index is 14.2. The maximum absolute atomic E-state index is 14.2. The fourth-order valence-corrected chi connectivity index (χ4v) is 5.52. The molecule has 0 spiro atoms. The van der Waals surface area contributed by atoms with Gasteiger partial charge in [-0.05, 0) is 110 Å². The van der Waals surface area contributed by atoms with Crippen molar-refractivity contribution in [1.82, 2.24) is 15.1 Å². The summed E-state index contributed by atoms with van der Waals surface area (Å²) < 4.78 is 28.4. The van der Waals surface area contributed by atoms with Crippen molar-refractivity contribution in [3.63, 3.8) is 0 Å². The molecule has 0 aliphatic carbocycles. The van der Waals surface area contributed by atoms with Crippen LogP contribution in [0.4, 0.5) is 4.79 Å². The SMILES string of the molecule is CC(C)(C)OC(=O)CC(C(=O)OC(C)(C)C)C1(CCNC(=O)OC(C)(C)C)CN(CC(=O)OC(C)(C)C)CCN(CC(=O)OC(C)(C)C)C1. The van der Waals surface area contributed by atoms with Crippen LogP contribution in [0.25, 0.3) is 0 Å². The van der Waals surface area contributed by atoms with E-state index in [0.717, 1.165) is 0 Å². The number of hydrogen-bond donors (Lipinski definition) is 1. The van der Waals surface area contributed by atoms with E-state index < -0.39 is 69.3 Å². The lowest BCUT2D eigenvalue weighted by Crippen LogP contribution is -2.53. The van der Waals surface area contributed by atoms with Crippen LogP contribution in [0.2, 0.25) is 0 Å². The minimum atomic E-state index is -1.14. The molecule has 1 heterocycles. The molecule has 0 aromatic heterocycles. The van der Waals surface area contributed by atoms with Crippen LogP contribution in [0.1, 0.15) is 117 Å². The largest absolute Gasteiger partial charge is 0.460 e. The predicted octanol–water partition coefficient (Wildman–Crippen LogP) is 4.88. The zero-order valence-electron chi connectivity index (χ0n) is 32.9. The Morgan fingerprint density at radius 1 is 0.571 bits per heavy atom. The molecule has 49 heavy (non-hydrogen) atoms. The molecule has 1 atom stereocenters. The van der Waals surface area contributed by atoms with Crippen LogP contribution in [0.15, 0.2) is 0 Å². The molecule has 0 aromatic carbocycles. The third kappa shape index (κ3) is 19.2. The second-order valence-electron chi connectivity index (χ2n) is 18.0. The molecule has 1 N–H and O–H groups in total. The summed E-state index contributed by atoms with van der Waals surface area (Å²) in [5.74, 6) is -3.26. The monoisotopic (exact) mass is 699 g/mol. The molecule has 0 aromatic rings. The van der Waals surface area contributed by atoms with Gasteiger partial charge in [-0.25, -0.2) is 4.79 Å². The summed E-state index contributed by atoms with van der Waals surface area (Å²) in [7, 11) is 0. The van der Waals surface area contributed by atoms with Crippen LogP contribution in [-0.2, 0) is 42.9 Å². The molecule has 1 aliphatic heterocycles. The van der Waals surface area contributed by atoms with Crippen molar-refractivity contribution in [3.8, 4) is 0 Å². The standard InChI is InChI=1S/C36H65N3O10/c1-31(2,3)45-26(40)20-25(29(43)48-34(10,11)12)36(16-17-37-30(44)49-35(13,14)15)23-38(21-27(41)46-32(4,5)6)18-19-39(24-36)22-28(42)47-33(7,8)9/h25H,16-24H2,1-15H3,(H,37,44). The van der Waals surface area contributed by atoms with Crippen LogP contribution in [0, 0.1) is 11.3 Å². The molecular formula is C36H65N3O10. The molecule has 1 saturated heterocycles. The van der Waals surface area contributed by atoms with Gasteiger partial charge in [0.15, 0.2) is 0 Å². The van der Waals surface area contributed by atoms with Crippen molar-refractivity contribution in [2.24, 2.45) is 11.3 Å². The van der Waals surface area contributed by atoms with Gasteiger partial charge in [0.25, 0.3) is 0 Å². The van der Waals surface area contributed by atoms with Crippen molar-refractivity contribution in [2.75, 3.05) is 45.8 Å². The zero-order chi connectivity index (χ0) is 38.2. The van der Waals surface area contributed by atoms with Gasteiger partial charge in [0.2, 0.25) is 0 Å². The van der Waals surface area contributed by atoms with E-state index in [4.69, 9.17) is 23.7 Å². The summed E-state index contributed by atoms with van der Waals surface area (Å²) in [4.78, 5) is 70.5. The normalized spacial score (nSPS) is 17.3. The van der Waals surface area contributed by atoms with Gasteiger partial charge < -0.3 is 29.0 Å². The highest BCUT2D eigenvalue weighted by molar-refractivity contribution is 5.81. The highest BCUT2D eigenvalue weighted by atomic mass is 16.6. The van der Waals surface area contributed by atoms with E-state index in [-0.39, 0.29) is 45.6 Å². The van der Waals surface area contributed by atoms with Gasteiger partial charge in [0, 0.05) is 38.1 Å². The van der Waals surface area contributed by atoms with Crippen LogP contribution in [0.3, 0.4) is 0 Å². The maximum Gasteiger partial charge on any atom is 0.407 e. The summed E-state index contributed by atoms with van der Waals surface area (Å²) in [6, 6.07) is 0. The highest BCUT2D eigenvalue weighted by Gasteiger charge is 2.50. The Bertz CT molecular complexity index is 1110. The first kappa shape index (κ1) is 44.1. The number of esters is 4. The Morgan fingerprint density at radius 3 is 1.31 bits per heavy atom. The molecule has 0 radical (unpaired) electrons. The first-order chi connectivity index (χ1) is 21.9. The Morgan fingerprint density at radius 2 is 0.939 bits per heavy atom. The first-order valence-electron chi connectivity index (χ1n) is 17.2. The number of rotatable bonds is 11. The number of alkyl carbamates (subject to hydrolysis) is 1. The predicted molar refractivity (Wildman–Crippen MR) is 186 cm³/mol. The van der Waals surface area contributed by atoms with E-state index in [1.54, 1.807) is 104 Å². The summed E-state index contributed by atoms with van der Waals surface area (Å²) in [5, 5.41) is 2.79. The number of carbonyl (C=O) groups excluding carboxylic acids is 5. The van der Waals surface area contributed by atoms with Crippen LogP contribution >= 0.6 is 0 Å². The summed E-state index contributed by atoms with van der Waals surface area (Å²) in [6.07, 6.45) is -0.818. The van der Waals surface area contributed by atoms with E-state index in [9.17, 15) is 24.0 Å². The summed E-state index contributed by atoms with van der Waals surface area (Å²) >= 11 is 0. The molecule has 0 bridgehead atoms. The van der Waals surface area contributed by atoms with Gasteiger partial charge in [-0.2, -0.15) is 0 Å². The Labute approximate surface area is 294 Å². The highest BCUT2D eigenvalue weighted by Crippen LogP contribution is 2.40. The second kappa shape index (κ2) is 16.9.